The lowest BCUT2D eigenvalue weighted by Gasteiger charge is -2.07. The predicted octanol–water partition coefficient (Wildman–Crippen LogP) is -0.487. The van der Waals surface area contributed by atoms with Crippen LogP contribution in [0, 0.1) is 0 Å². The Labute approximate surface area is 95.5 Å². The number of nitrogens with two attached hydrogens (primary N) is 2. The standard InChI is InChI=1S/C8H12N4O3S/c1-3(6(10)13)11-8-12-4(2-16-8)5(9)7(14)15/h2-3,5H,9H2,1H3,(H2,10,13)(H,11,12)(H,14,15). The minimum atomic E-state index is -1.16. The van der Waals surface area contributed by atoms with Gasteiger partial charge in [0.2, 0.25) is 5.91 Å². The third-order valence-electron chi connectivity index (χ3n) is 1.87. The van der Waals surface area contributed by atoms with Crippen molar-refractivity contribution >= 4 is 28.3 Å². The number of hydrogen-bond acceptors (Lipinski definition) is 6. The van der Waals surface area contributed by atoms with Crippen LogP contribution in [-0.4, -0.2) is 28.0 Å². The van der Waals surface area contributed by atoms with Crippen molar-refractivity contribution in [1.29, 1.82) is 0 Å². The molecule has 0 saturated heterocycles. The monoisotopic (exact) mass is 244 g/mol. The second kappa shape index (κ2) is 4.90. The fraction of sp³-hybridized carbons (Fsp3) is 0.375. The van der Waals surface area contributed by atoms with Crippen molar-refractivity contribution < 1.29 is 14.7 Å². The van der Waals surface area contributed by atoms with Gasteiger partial charge in [-0.3, -0.25) is 9.59 Å². The third-order valence-corrected chi connectivity index (χ3v) is 2.67. The van der Waals surface area contributed by atoms with Gasteiger partial charge in [0.25, 0.3) is 0 Å². The van der Waals surface area contributed by atoms with Crippen LogP contribution >= 0.6 is 11.3 Å². The number of primary amides is 1. The zero-order valence-corrected chi connectivity index (χ0v) is 9.32. The molecule has 7 nitrogen and oxygen atoms in total. The van der Waals surface area contributed by atoms with Crippen molar-refractivity contribution in [2.24, 2.45) is 11.5 Å². The first-order valence-electron chi connectivity index (χ1n) is 4.41. The Morgan fingerprint density at radius 1 is 1.62 bits per heavy atom. The Morgan fingerprint density at radius 2 is 2.25 bits per heavy atom. The smallest absolute Gasteiger partial charge is 0.326 e. The molecule has 88 valence electrons. The van der Waals surface area contributed by atoms with Crippen molar-refractivity contribution in [2.75, 3.05) is 5.32 Å². The normalized spacial score (nSPS) is 14.1. The van der Waals surface area contributed by atoms with E-state index in [0.717, 1.165) is 0 Å². The van der Waals surface area contributed by atoms with Gasteiger partial charge in [-0.1, -0.05) is 0 Å². The lowest BCUT2D eigenvalue weighted by atomic mass is 10.2. The molecule has 2 atom stereocenters. The molecule has 1 aromatic heterocycles. The fourth-order valence-corrected chi connectivity index (χ4v) is 1.71. The van der Waals surface area contributed by atoms with E-state index >= 15 is 0 Å². The summed E-state index contributed by atoms with van der Waals surface area (Å²) in [4.78, 5) is 25.3. The van der Waals surface area contributed by atoms with E-state index in [-0.39, 0.29) is 5.69 Å². The van der Waals surface area contributed by atoms with E-state index in [1.54, 1.807) is 6.92 Å². The molecular formula is C8H12N4O3S. The zero-order valence-electron chi connectivity index (χ0n) is 8.51. The number of thiazole rings is 1. The average Bonchev–Trinajstić information content (AvgIpc) is 2.64. The fourth-order valence-electron chi connectivity index (χ4n) is 0.878. The average molecular weight is 244 g/mol. The maximum Gasteiger partial charge on any atom is 0.326 e. The van der Waals surface area contributed by atoms with Crippen LogP contribution in [0.15, 0.2) is 5.38 Å². The maximum atomic E-state index is 10.8. The topological polar surface area (TPSA) is 131 Å². The summed E-state index contributed by atoms with van der Waals surface area (Å²) in [6.45, 7) is 1.58. The molecule has 0 saturated carbocycles. The highest BCUT2D eigenvalue weighted by Crippen LogP contribution is 2.20. The zero-order chi connectivity index (χ0) is 12.3. The largest absolute Gasteiger partial charge is 0.480 e. The molecule has 0 aliphatic carbocycles. The van der Waals surface area contributed by atoms with Crippen molar-refractivity contribution in [2.45, 2.75) is 19.0 Å². The Kier molecular flexibility index (Phi) is 3.80. The quantitative estimate of drug-likeness (QED) is 0.553. The predicted molar refractivity (Wildman–Crippen MR) is 59.0 cm³/mol. The molecule has 1 amide bonds. The van der Waals surface area contributed by atoms with Crippen LogP contribution in [0.3, 0.4) is 0 Å². The number of carboxylic acid groups (broad SMARTS) is 1. The van der Waals surface area contributed by atoms with Crippen LogP contribution in [0.1, 0.15) is 18.7 Å². The Morgan fingerprint density at radius 3 is 2.75 bits per heavy atom. The molecule has 16 heavy (non-hydrogen) atoms. The van der Waals surface area contributed by atoms with Crippen LogP contribution < -0.4 is 16.8 Å². The number of aromatic nitrogens is 1. The molecule has 1 heterocycles. The first-order chi connectivity index (χ1) is 7.41. The van der Waals surface area contributed by atoms with E-state index in [1.165, 1.54) is 16.7 Å². The van der Waals surface area contributed by atoms with E-state index in [4.69, 9.17) is 16.6 Å². The van der Waals surface area contributed by atoms with Gasteiger partial charge in [0, 0.05) is 5.38 Å². The number of aliphatic carboxylic acids is 1. The van der Waals surface area contributed by atoms with E-state index in [2.05, 4.69) is 10.3 Å². The second-order valence-corrected chi connectivity index (χ2v) is 4.02. The van der Waals surface area contributed by atoms with Crippen LogP contribution in [0.2, 0.25) is 0 Å². The van der Waals surface area contributed by atoms with Crippen LogP contribution in [0.5, 0.6) is 0 Å². The van der Waals surface area contributed by atoms with Gasteiger partial charge in [0.1, 0.15) is 12.1 Å². The minimum absolute atomic E-state index is 0.247. The van der Waals surface area contributed by atoms with Gasteiger partial charge in [-0.05, 0) is 6.92 Å². The lowest BCUT2D eigenvalue weighted by Crippen LogP contribution is -2.32. The van der Waals surface area contributed by atoms with Crippen LogP contribution in [0.4, 0.5) is 5.13 Å². The van der Waals surface area contributed by atoms with Gasteiger partial charge in [0.15, 0.2) is 5.13 Å². The Bertz CT molecular complexity index is 406. The molecule has 1 rings (SSSR count). The van der Waals surface area contributed by atoms with E-state index in [1.807, 2.05) is 0 Å². The molecule has 0 aromatic carbocycles. The number of amides is 1. The molecule has 0 bridgehead atoms. The lowest BCUT2D eigenvalue weighted by molar-refractivity contribution is -0.138. The highest BCUT2D eigenvalue weighted by Gasteiger charge is 2.18. The highest BCUT2D eigenvalue weighted by atomic mass is 32.1. The minimum Gasteiger partial charge on any atom is -0.480 e. The van der Waals surface area contributed by atoms with Crippen LogP contribution in [-0.2, 0) is 9.59 Å². The van der Waals surface area contributed by atoms with E-state index < -0.39 is 24.0 Å². The first kappa shape index (κ1) is 12.4. The molecule has 6 N–H and O–H groups in total. The Hall–Kier alpha value is -1.67. The van der Waals surface area contributed by atoms with Crippen molar-refractivity contribution in [3.05, 3.63) is 11.1 Å². The summed E-state index contributed by atoms with van der Waals surface area (Å²) in [5.41, 5.74) is 10.7. The third kappa shape index (κ3) is 2.91. The summed E-state index contributed by atoms with van der Waals surface area (Å²) in [7, 11) is 0. The van der Waals surface area contributed by atoms with Gasteiger partial charge in [-0.15, -0.1) is 11.3 Å². The number of carboxylic acids is 1. The van der Waals surface area contributed by atoms with Gasteiger partial charge >= 0.3 is 5.97 Å². The summed E-state index contributed by atoms with van der Waals surface area (Å²) >= 11 is 1.17. The molecule has 8 heteroatoms. The molecule has 2 unspecified atom stereocenters. The SMILES string of the molecule is CC(Nc1nc(C(N)C(=O)O)cs1)C(N)=O. The maximum absolute atomic E-state index is 10.8. The highest BCUT2D eigenvalue weighted by molar-refractivity contribution is 7.13. The van der Waals surface area contributed by atoms with E-state index in [9.17, 15) is 9.59 Å². The summed E-state index contributed by atoms with van der Waals surface area (Å²) in [5.74, 6) is -1.67. The summed E-state index contributed by atoms with van der Waals surface area (Å²) < 4.78 is 0. The molecular weight excluding hydrogens is 232 g/mol. The number of rotatable bonds is 5. The van der Waals surface area contributed by atoms with Crippen molar-refractivity contribution in [1.82, 2.24) is 4.98 Å². The molecule has 0 fully saturated rings. The van der Waals surface area contributed by atoms with Gasteiger partial charge in [0.05, 0.1) is 5.69 Å². The van der Waals surface area contributed by atoms with Gasteiger partial charge in [-0.25, -0.2) is 4.98 Å². The summed E-state index contributed by atoms with van der Waals surface area (Å²) in [6.07, 6.45) is 0. The van der Waals surface area contributed by atoms with Crippen molar-refractivity contribution in [3.8, 4) is 0 Å². The van der Waals surface area contributed by atoms with E-state index in [0.29, 0.717) is 5.13 Å². The van der Waals surface area contributed by atoms with Gasteiger partial charge in [-0.2, -0.15) is 0 Å². The number of carbonyl (C=O) groups excluding carboxylic acids is 1. The number of nitrogens with zero attached hydrogens (tertiary/aromatic N) is 1. The number of anilines is 1. The number of nitrogens with one attached hydrogen (secondary N) is 1. The van der Waals surface area contributed by atoms with Gasteiger partial charge < -0.3 is 21.9 Å². The second-order valence-electron chi connectivity index (χ2n) is 3.16. The molecule has 1 aromatic rings. The summed E-state index contributed by atoms with van der Waals surface area (Å²) in [5, 5.41) is 13.3. The molecule has 0 aliphatic rings. The summed E-state index contributed by atoms with van der Waals surface area (Å²) in [6, 6.07) is -1.73. The first-order valence-corrected chi connectivity index (χ1v) is 5.29. The van der Waals surface area contributed by atoms with Crippen LogP contribution in [0.25, 0.3) is 0 Å². The number of hydrogen-bond donors (Lipinski definition) is 4. The molecule has 0 spiro atoms. The number of carbonyl (C=O) groups is 2. The molecule has 0 radical (unpaired) electrons. The van der Waals surface area contributed by atoms with Crippen molar-refractivity contribution in [3.63, 3.8) is 0 Å². The Balaban J connectivity index is 2.72. The molecule has 0 aliphatic heterocycles.